The van der Waals surface area contributed by atoms with E-state index in [-0.39, 0.29) is 5.41 Å². The van der Waals surface area contributed by atoms with Crippen LogP contribution in [0.2, 0.25) is 0 Å². The highest BCUT2D eigenvalue weighted by Gasteiger charge is 2.26. The minimum Gasteiger partial charge on any atom is -0.508 e. The largest absolute Gasteiger partial charge is 0.508 e. The van der Waals surface area contributed by atoms with Crippen LogP contribution in [0, 0.1) is 12.3 Å². The molecule has 0 aliphatic heterocycles. The smallest absolute Gasteiger partial charge is 0.115 e. The van der Waals surface area contributed by atoms with Crippen molar-refractivity contribution in [3.63, 3.8) is 0 Å². The third-order valence-corrected chi connectivity index (χ3v) is 3.56. The van der Waals surface area contributed by atoms with Crippen LogP contribution in [0.25, 0.3) is 0 Å². The summed E-state index contributed by atoms with van der Waals surface area (Å²) >= 11 is 0. The summed E-state index contributed by atoms with van der Waals surface area (Å²) < 4.78 is 0. The van der Waals surface area contributed by atoms with Gasteiger partial charge >= 0.3 is 0 Å². The molecule has 0 fully saturated rings. The van der Waals surface area contributed by atoms with Gasteiger partial charge in [-0.25, -0.2) is 0 Å². The minimum atomic E-state index is 0.159. The van der Waals surface area contributed by atoms with E-state index in [0.717, 1.165) is 6.42 Å². The van der Waals surface area contributed by atoms with E-state index >= 15 is 0 Å². The van der Waals surface area contributed by atoms with Crippen LogP contribution in [0.15, 0.2) is 54.6 Å². The molecule has 2 aromatic carbocycles. The fourth-order valence-corrected chi connectivity index (χ4v) is 2.87. The van der Waals surface area contributed by atoms with Crippen molar-refractivity contribution < 1.29 is 5.11 Å². The summed E-state index contributed by atoms with van der Waals surface area (Å²) in [5.74, 6) is 0.338. The molecule has 0 spiro atoms. The summed E-state index contributed by atoms with van der Waals surface area (Å²) in [6.07, 6.45) is 1.13. The number of aryl methyl sites for hydroxylation is 1. The molecule has 1 N–H and O–H groups in total. The third kappa shape index (κ3) is 6.80. The lowest BCUT2D eigenvalue weighted by molar-refractivity contribution is 0.284. The Bertz CT molecular complexity index is 545. The maximum Gasteiger partial charge on any atom is 0.115 e. The zero-order valence-corrected chi connectivity index (χ0v) is 14.9. The second-order valence-corrected chi connectivity index (χ2v) is 7.82. The number of hydrogen-bond acceptors (Lipinski definition) is 1. The lowest BCUT2D eigenvalue weighted by atomic mass is 9.72. The lowest BCUT2D eigenvalue weighted by Crippen LogP contribution is -2.24. The Morgan fingerprint density at radius 2 is 1.27 bits per heavy atom. The van der Waals surface area contributed by atoms with Gasteiger partial charge in [0, 0.05) is 0 Å². The van der Waals surface area contributed by atoms with E-state index in [0.29, 0.717) is 11.2 Å². The van der Waals surface area contributed by atoms with E-state index in [1.54, 1.807) is 12.1 Å². The Hall–Kier alpha value is -1.76. The van der Waals surface area contributed by atoms with Gasteiger partial charge in [0.15, 0.2) is 0 Å². The average Bonchev–Trinajstić information content (AvgIpc) is 2.38. The maximum absolute atomic E-state index is 9.25. The van der Waals surface area contributed by atoms with Gasteiger partial charge < -0.3 is 5.11 Å². The summed E-state index contributed by atoms with van der Waals surface area (Å²) in [4.78, 5) is 0. The summed E-state index contributed by atoms with van der Waals surface area (Å²) in [6, 6.07) is 17.8. The zero-order valence-electron chi connectivity index (χ0n) is 14.9. The third-order valence-electron chi connectivity index (χ3n) is 3.56. The van der Waals surface area contributed by atoms with Crippen molar-refractivity contribution in [3.8, 4) is 5.75 Å². The van der Waals surface area contributed by atoms with Crippen molar-refractivity contribution in [2.45, 2.75) is 53.4 Å². The van der Waals surface area contributed by atoms with Gasteiger partial charge in [-0.3, -0.25) is 0 Å². The van der Waals surface area contributed by atoms with E-state index in [1.165, 1.54) is 11.1 Å². The standard InChI is InChI=1S/C14H22O.C7H8/c1-13(2,3)10-14(4,5)11-6-8-12(15)9-7-11;1-7-5-3-2-4-6-7/h6-9,15H,10H2,1-5H3;2-6H,1H3. The Balaban J connectivity index is 0.000000287. The highest BCUT2D eigenvalue weighted by atomic mass is 16.3. The minimum absolute atomic E-state index is 0.159. The first-order valence-corrected chi connectivity index (χ1v) is 7.91. The summed E-state index contributed by atoms with van der Waals surface area (Å²) in [5.41, 5.74) is 3.09. The van der Waals surface area contributed by atoms with Gasteiger partial charge in [0.1, 0.15) is 5.75 Å². The number of aromatic hydroxyl groups is 1. The molecule has 0 bridgehead atoms. The van der Waals surface area contributed by atoms with Gasteiger partial charge in [0.25, 0.3) is 0 Å². The molecule has 22 heavy (non-hydrogen) atoms. The average molecular weight is 298 g/mol. The first kappa shape index (κ1) is 18.3. The monoisotopic (exact) mass is 298 g/mol. The number of phenolic OH excluding ortho intramolecular Hbond substituents is 1. The topological polar surface area (TPSA) is 20.2 Å². The molecule has 120 valence electrons. The number of hydrogen-bond donors (Lipinski definition) is 1. The van der Waals surface area contributed by atoms with Crippen LogP contribution < -0.4 is 0 Å². The van der Waals surface area contributed by atoms with Crippen LogP contribution in [0.5, 0.6) is 5.75 Å². The summed E-state index contributed by atoms with van der Waals surface area (Å²) in [7, 11) is 0. The Labute approximate surface area is 136 Å². The number of phenols is 1. The van der Waals surface area contributed by atoms with Crippen LogP contribution >= 0.6 is 0 Å². The zero-order chi connectivity index (χ0) is 16.8. The molecule has 2 rings (SSSR count). The quantitative estimate of drug-likeness (QED) is 0.710. The van der Waals surface area contributed by atoms with Gasteiger partial charge in [0.05, 0.1) is 0 Å². The Morgan fingerprint density at radius 3 is 1.64 bits per heavy atom. The van der Waals surface area contributed by atoms with Gasteiger partial charge in [-0.05, 0) is 41.9 Å². The molecule has 0 aliphatic carbocycles. The molecule has 0 amide bonds. The second kappa shape index (κ2) is 7.49. The van der Waals surface area contributed by atoms with E-state index in [2.05, 4.69) is 53.7 Å². The maximum atomic E-state index is 9.25. The normalized spacial score (nSPS) is 11.5. The van der Waals surface area contributed by atoms with E-state index in [1.807, 2.05) is 30.3 Å². The molecule has 2 aromatic rings. The summed E-state index contributed by atoms with van der Waals surface area (Å²) in [6.45, 7) is 13.4. The van der Waals surface area contributed by atoms with Crippen molar-refractivity contribution in [2.75, 3.05) is 0 Å². The van der Waals surface area contributed by atoms with Crippen molar-refractivity contribution in [1.29, 1.82) is 0 Å². The lowest BCUT2D eigenvalue weighted by Gasteiger charge is -2.33. The van der Waals surface area contributed by atoms with E-state index in [4.69, 9.17) is 0 Å². The van der Waals surface area contributed by atoms with Gasteiger partial charge in [0.2, 0.25) is 0 Å². The van der Waals surface area contributed by atoms with Crippen molar-refractivity contribution in [2.24, 2.45) is 5.41 Å². The molecule has 1 heteroatoms. The van der Waals surface area contributed by atoms with Crippen LogP contribution in [0.4, 0.5) is 0 Å². The molecule has 0 unspecified atom stereocenters. The molecule has 1 nitrogen and oxygen atoms in total. The second-order valence-electron chi connectivity index (χ2n) is 7.82. The molecule has 0 saturated carbocycles. The highest BCUT2D eigenvalue weighted by Crippen LogP contribution is 2.36. The van der Waals surface area contributed by atoms with Crippen molar-refractivity contribution in [3.05, 3.63) is 65.7 Å². The fraction of sp³-hybridized carbons (Fsp3) is 0.429. The van der Waals surface area contributed by atoms with Crippen LogP contribution in [-0.4, -0.2) is 5.11 Å². The Kier molecular flexibility index (Phi) is 6.22. The molecule has 0 atom stereocenters. The summed E-state index contributed by atoms with van der Waals surface area (Å²) in [5, 5.41) is 9.25. The highest BCUT2D eigenvalue weighted by molar-refractivity contribution is 5.30. The molecule has 0 aromatic heterocycles. The molecular weight excluding hydrogens is 268 g/mol. The first-order chi connectivity index (χ1) is 10.1. The molecule has 0 heterocycles. The van der Waals surface area contributed by atoms with Crippen molar-refractivity contribution >= 4 is 0 Å². The predicted octanol–water partition coefficient (Wildman–Crippen LogP) is 6.10. The van der Waals surface area contributed by atoms with Crippen LogP contribution in [0.1, 0.15) is 52.2 Å². The van der Waals surface area contributed by atoms with Crippen molar-refractivity contribution in [1.82, 2.24) is 0 Å². The van der Waals surface area contributed by atoms with Gasteiger partial charge in [-0.1, -0.05) is 82.6 Å². The molecular formula is C21H30O. The molecule has 0 radical (unpaired) electrons. The van der Waals surface area contributed by atoms with E-state index < -0.39 is 0 Å². The Morgan fingerprint density at radius 1 is 0.773 bits per heavy atom. The molecule has 0 saturated heterocycles. The van der Waals surface area contributed by atoms with Gasteiger partial charge in [-0.2, -0.15) is 0 Å². The number of benzene rings is 2. The predicted molar refractivity (Wildman–Crippen MR) is 96.4 cm³/mol. The SMILES string of the molecule is CC(C)(C)CC(C)(C)c1ccc(O)cc1.Cc1ccccc1. The first-order valence-electron chi connectivity index (χ1n) is 7.91. The van der Waals surface area contributed by atoms with Gasteiger partial charge in [-0.15, -0.1) is 0 Å². The van der Waals surface area contributed by atoms with Crippen LogP contribution in [-0.2, 0) is 5.41 Å². The molecule has 0 aliphatic rings. The van der Waals surface area contributed by atoms with Crippen LogP contribution in [0.3, 0.4) is 0 Å². The fourth-order valence-electron chi connectivity index (χ4n) is 2.87. The number of rotatable bonds is 2. The van der Waals surface area contributed by atoms with E-state index in [9.17, 15) is 5.11 Å².